The molecule has 0 aliphatic carbocycles. The standard InChI is InChI=1S/C6H11F2N3/c1-10-4-5(9)2-3-11-6(7)8/h3,6,9-10H,2,4H2,1H3. The first-order valence-electron chi connectivity index (χ1n) is 3.17. The van der Waals surface area contributed by atoms with Crippen LogP contribution >= 0.6 is 0 Å². The van der Waals surface area contributed by atoms with Crippen molar-refractivity contribution in [2.24, 2.45) is 4.99 Å². The third-order valence-electron chi connectivity index (χ3n) is 0.946. The molecule has 0 radical (unpaired) electrons. The summed E-state index contributed by atoms with van der Waals surface area (Å²) in [5.41, 5.74) is 0.344. The highest BCUT2D eigenvalue weighted by Crippen LogP contribution is 1.91. The van der Waals surface area contributed by atoms with E-state index in [-0.39, 0.29) is 6.42 Å². The van der Waals surface area contributed by atoms with E-state index in [4.69, 9.17) is 5.41 Å². The molecular weight excluding hydrogens is 152 g/mol. The Bertz CT molecular complexity index is 145. The molecule has 0 aromatic rings. The SMILES string of the molecule is CNCC(=N)CC=NC(F)F. The summed E-state index contributed by atoms with van der Waals surface area (Å²) < 4.78 is 22.8. The van der Waals surface area contributed by atoms with Gasteiger partial charge in [0.1, 0.15) is 0 Å². The van der Waals surface area contributed by atoms with Crippen molar-refractivity contribution >= 4 is 11.9 Å². The predicted molar refractivity (Wildman–Crippen MR) is 40.8 cm³/mol. The molecule has 0 heterocycles. The average Bonchev–Trinajstić information content (AvgIpc) is 1.87. The highest BCUT2D eigenvalue weighted by Gasteiger charge is 1.94. The molecular formula is C6H11F2N3. The molecule has 0 fully saturated rings. The van der Waals surface area contributed by atoms with Crippen molar-refractivity contribution < 1.29 is 8.78 Å². The number of alkyl halides is 2. The molecule has 0 saturated carbocycles. The third-order valence-corrected chi connectivity index (χ3v) is 0.946. The zero-order valence-electron chi connectivity index (χ0n) is 6.27. The Kier molecular flexibility index (Phi) is 5.46. The maximum absolute atomic E-state index is 11.4. The topological polar surface area (TPSA) is 48.2 Å². The van der Waals surface area contributed by atoms with Crippen molar-refractivity contribution in [3.8, 4) is 0 Å². The summed E-state index contributed by atoms with van der Waals surface area (Å²) in [7, 11) is 1.69. The Morgan fingerprint density at radius 3 is 2.82 bits per heavy atom. The van der Waals surface area contributed by atoms with Crippen molar-refractivity contribution in [3.63, 3.8) is 0 Å². The maximum atomic E-state index is 11.4. The summed E-state index contributed by atoms with van der Waals surface area (Å²) in [6.45, 7) is -2.24. The molecule has 0 bridgehead atoms. The van der Waals surface area contributed by atoms with Gasteiger partial charge in [-0.15, -0.1) is 0 Å². The second-order valence-corrected chi connectivity index (χ2v) is 1.95. The van der Waals surface area contributed by atoms with Gasteiger partial charge in [-0.3, -0.25) is 0 Å². The minimum Gasteiger partial charge on any atom is -0.315 e. The van der Waals surface area contributed by atoms with E-state index in [9.17, 15) is 8.78 Å². The average molecular weight is 163 g/mol. The van der Waals surface area contributed by atoms with E-state index in [0.29, 0.717) is 12.3 Å². The van der Waals surface area contributed by atoms with Crippen LogP contribution in [-0.2, 0) is 0 Å². The fourth-order valence-corrected chi connectivity index (χ4v) is 0.528. The van der Waals surface area contributed by atoms with Gasteiger partial charge in [0.25, 0.3) is 0 Å². The van der Waals surface area contributed by atoms with Gasteiger partial charge in [0.05, 0.1) is 0 Å². The number of rotatable bonds is 5. The molecule has 11 heavy (non-hydrogen) atoms. The molecule has 64 valence electrons. The number of nitrogens with one attached hydrogen (secondary N) is 2. The molecule has 0 saturated heterocycles. The van der Waals surface area contributed by atoms with Crippen LogP contribution in [0.2, 0.25) is 0 Å². The zero-order chi connectivity index (χ0) is 8.69. The monoisotopic (exact) mass is 163 g/mol. The largest absolute Gasteiger partial charge is 0.331 e. The predicted octanol–water partition coefficient (Wildman–Crippen LogP) is 0.909. The van der Waals surface area contributed by atoms with Crippen LogP contribution in [-0.4, -0.2) is 32.1 Å². The van der Waals surface area contributed by atoms with Gasteiger partial charge >= 0.3 is 6.55 Å². The maximum Gasteiger partial charge on any atom is 0.331 e. The van der Waals surface area contributed by atoms with Gasteiger partial charge in [-0.25, -0.2) is 4.99 Å². The molecule has 0 atom stereocenters. The molecule has 0 spiro atoms. The van der Waals surface area contributed by atoms with Crippen molar-refractivity contribution in [1.29, 1.82) is 5.41 Å². The Morgan fingerprint density at radius 2 is 2.36 bits per heavy atom. The van der Waals surface area contributed by atoms with Gasteiger partial charge in [-0.2, -0.15) is 8.78 Å². The first-order chi connectivity index (χ1) is 5.16. The quantitative estimate of drug-likeness (QED) is 0.459. The summed E-state index contributed by atoms with van der Waals surface area (Å²) in [4.78, 5) is 2.82. The number of hydrogen-bond acceptors (Lipinski definition) is 3. The minimum absolute atomic E-state index is 0.186. The van der Waals surface area contributed by atoms with Gasteiger partial charge < -0.3 is 10.7 Å². The van der Waals surface area contributed by atoms with Crippen LogP contribution < -0.4 is 5.32 Å². The summed E-state index contributed by atoms with van der Waals surface area (Å²) in [5, 5.41) is 9.87. The Morgan fingerprint density at radius 1 is 1.73 bits per heavy atom. The molecule has 0 unspecified atom stereocenters. The van der Waals surface area contributed by atoms with Crippen molar-refractivity contribution in [1.82, 2.24) is 5.32 Å². The van der Waals surface area contributed by atoms with Gasteiger partial charge in [0.15, 0.2) is 0 Å². The van der Waals surface area contributed by atoms with Crippen molar-refractivity contribution in [2.45, 2.75) is 13.0 Å². The summed E-state index contributed by atoms with van der Waals surface area (Å²) in [6.07, 6.45) is 1.25. The minimum atomic E-state index is -2.66. The number of hydrogen-bond donors (Lipinski definition) is 2. The van der Waals surface area contributed by atoms with Crippen LogP contribution in [0.4, 0.5) is 8.78 Å². The summed E-state index contributed by atoms with van der Waals surface area (Å²) in [6, 6.07) is 0. The molecule has 0 aliphatic heterocycles. The fraction of sp³-hybridized carbons (Fsp3) is 0.667. The molecule has 0 aliphatic rings. The lowest BCUT2D eigenvalue weighted by Gasteiger charge is -1.96. The molecule has 0 aromatic heterocycles. The molecule has 0 amide bonds. The van der Waals surface area contributed by atoms with Gasteiger partial charge in [-0.05, 0) is 7.05 Å². The number of aliphatic imine (C=N–C) groups is 1. The van der Waals surface area contributed by atoms with Crippen LogP contribution in [0.15, 0.2) is 4.99 Å². The van der Waals surface area contributed by atoms with E-state index in [1.165, 1.54) is 0 Å². The molecule has 0 rings (SSSR count). The lowest BCUT2D eigenvalue weighted by Crippen LogP contribution is -2.17. The Labute approximate surface area is 64.0 Å². The van der Waals surface area contributed by atoms with Crippen molar-refractivity contribution in [3.05, 3.63) is 0 Å². The smallest absolute Gasteiger partial charge is 0.315 e. The van der Waals surface area contributed by atoms with Crippen LogP contribution in [0.3, 0.4) is 0 Å². The number of nitrogens with zero attached hydrogens (tertiary/aromatic N) is 1. The van der Waals surface area contributed by atoms with E-state index in [1.807, 2.05) is 0 Å². The molecule has 2 N–H and O–H groups in total. The summed E-state index contributed by atoms with van der Waals surface area (Å²) in [5.74, 6) is 0. The lowest BCUT2D eigenvalue weighted by molar-refractivity contribution is 0.160. The Balaban J connectivity index is 3.45. The van der Waals surface area contributed by atoms with E-state index >= 15 is 0 Å². The fourth-order valence-electron chi connectivity index (χ4n) is 0.528. The van der Waals surface area contributed by atoms with Gasteiger partial charge in [0.2, 0.25) is 0 Å². The third kappa shape index (κ3) is 7.05. The Hall–Kier alpha value is -0.840. The van der Waals surface area contributed by atoms with Gasteiger partial charge in [-0.1, -0.05) is 0 Å². The second kappa shape index (κ2) is 5.91. The molecule has 3 nitrogen and oxygen atoms in total. The van der Waals surface area contributed by atoms with E-state index in [1.54, 1.807) is 7.05 Å². The lowest BCUT2D eigenvalue weighted by atomic mass is 10.3. The second-order valence-electron chi connectivity index (χ2n) is 1.95. The van der Waals surface area contributed by atoms with Crippen LogP contribution in [0.5, 0.6) is 0 Å². The van der Waals surface area contributed by atoms with E-state index in [0.717, 1.165) is 6.21 Å². The molecule has 5 heteroatoms. The first-order valence-corrected chi connectivity index (χ1v) is 3.17. The highest BCUT2D eigenvalue weighted by atomic mass is 19.3. The summed E-state index contributed by atoms with van der Waals surface area (Å²) >= 11 is 0. The van der Waals surface area contributed by atoms with Crippen molar-refractivity contribution in [2.75, 3.05) is 13.6 Å². The molecule has 0 aromatic carbocycles. The number of halogens is 2. The first kappa shape index (κ1) is 10.2. The van der Waals surface area contributed by atoms with Gasteiger partial charge in [0, 0.05) is 24.9 Å². The van der Waals surface area contributed by atoms with Crippen LogP contribution in [0, 0.1) is 5.41 Å². The van der Waals surface area contributed by atoms with Crippen LogP contribution in [0.25, 0.3) is 0 Å². The highest BCUT2D eigenvalue weighted by molar-refractivity contribution is 5.94. The van der Waals surface area contributed by atoms with E-state index < -0.39 is 6.55 Å². The normalized spacial score (nSPS) is 11.3. The zero-order valence-corrected chi connectivity index (χ0v) is 6.27. The van der Waals surface area contributed by atoms with Crippen LogP contribution in [0.1, 0.15) is 6.42 Å². The van der Waals surface area contributed by atoms with E-state index in [2.05, 4.69) is 10.3 Å².